The molecule has 0 heterocycles. The second-order valence-corrected chi connectivity index (χ2v) is 8.43. The molecule has 1 atom stereocenters. The molecule has 0 bridgehead atoms. The van der Waals surface area contributed by atoms with Crippen molar-refractivity contribution in [3.63, 3.8) is 0 Å². The molecule has 1 aliphatic rings. The van der Waals surface area contributed by atoms with Gasteiger partial charge in [0.25, 0.3) is 0 Å². The van der Waals surface area contributed by atoms with E-state index >= 15 is 0 Å². The predicted molar refractivity (Wildman–Crippen MR) is 103 cm³/mol. The second kappa shape index (κ2) is 9.77. The van der Waals surface area contributed by atoms with Crippen molar-refractivity contribution in [2.75, 3.05) is 25.4 Å². The quantitative estimate of drug-likeness (QED) is 0.461. The van der Waals surface area contributed by atoms with Gasteiger partial charge in [-0.3, -0.25) is 4.99 Å². The van der Waals surface area contributed by atoms with Crippen molar-refractivity contribution in [1.29, 1.82) is 0 Å². The summed E-state index contributed by atoms with van der Waals surface area (Å²) < 4.78 is 26.8. The molecular weight excluding hydrogens is 336 g/mol. The van der Waals surface area contributed by atoms with Gasteiger partial charge < -0.3 is 10.6 Å². The number of nitrogens with one attached hydrogen (secondary N) is 3. The van der Waals surface area contributed by atoms with Crippen molar-refractivity contribution in [2.45, 2.75) is 39.2 Å². The van der Waals surface area contributed by atoms with Crippen molar-refractivity contribution in [3.05, 3.63) is 35.9 Å². The zero-order chi connectivity index (χ0) is 18.1. The lowest BCUT2D eigenvalue weighted by Gasteiger charge is -2.25. The second-order valence-electron chi connectivity index (χ2n) is 6.50. The Hall–Kier alpha value is -1.60. The highest BCUT2D eigenvalue weighted by atomic mass is 32.2. The summed E-state index contributed by atoms with van der Waals surface area (Å²) in [5.74, 6) is 1.16. The summed E-state index contributed by atoms with van der Waals surface area (Å²) in [5, 5.41) is 6.47. The van der Waals surface area contributed by atoms with E-state index in [9.17, 15) is 8.42 Å². The van der Waals surface area contributed by atoms with E-state index in [0.717, 1.165) is 24.9 Å². The first-order chi connectivity index (χ1) is 12.0. The summed E-state index contributed by atoms with van der Waals surface area (Å²) in [6.45, 7) is 5.56. The van der Waals surface area contributed by atoms with Gasteiger partial charge in [0, 0.05) is 13.1 Å². The van der Waals surface area contributed by atoms with E-state index in [4.69, 9.17) is 0 Å². The molecule has 0 radical (unpaired) electrons. The van der Waals surface area contributed by atoms with Gasteiger partial charge in [0.05, 0.1) is 18.3 Å². The lowest BCUT2D eigenvalue weighted by molar-refractivity contribution is 0.316. The number of nitrogens with zero attached hydrogens (tertiary/aromatic N) is 1. The summed E-state index contributed by atoms with van der Waals surface area (Å²) in [4.78, 5) is 4.40. The Morgan fingerprint density at radius 2 is 2.00 bits per heavy atom. The lowest BCUT2D eigenvalue weighted by atomic mass is 9.86. The fraction of sp³-hybridized carbons (Fsp3) is 0.611. The van der Waals surface area contributed by atoms with Crippen molar-refractivity contribution in [1.82, 2.24) is 15.4 Å². The molecule has 1 unspecified atom stereocenters. The van der Waals surface area contributed by atoms with Gasteiger partial charge in [0.15, 0.2) is 5.96 Å². The van der Waals surface area contributed by atoms with E-state index in [1.807, 2.05) is 25.1 Å². The van der Waals surface area contributed by atoms with Crippen LogP contribution in [0.15, 0.2) is 35.3 Å². The van der Waals surface area contributed by atoms with E-state index in [-0.39, 0.29) is 18.3 Å². The summed E-state index contributed by atoms with van der Waals surface area (Å²) >= 11 is 0. The van der Waals surface area contributed by atoms with Gasteiger partial charge in [-0.25, -0.2) is 13.1 Å². The molecule has 1 aliphatic carbocycles. The molecule has 1 aromatic rings. The Morgan fingerprint density at radius 1 is 1.28 bits per heavy atom. The van der Waals surface area contributed by atoms with Crippen molar-refractivity contribution in [3.8, 4) is 0 Å². The van der Waals surface area contributed by atoms with Crippen LogP contribution in [0.1, 0.15) is 44.7 Å². The SMILES string of the molecule is CCNC(=NCCS(=O)(=O)NCC1CCC1)NC(C)c1ccccc1. The third-order valence-corrected chi connectivity index (χ3v) is 5.77. The van der Waals surface area contributed by atoms with Crippen LogP contribution in [0.2, 0.25) is 0 Å². The van der Waals surface area contributed by atoms with Crippen LogP contribution < -0.4 is 15.4 Å². The van der Waals surface area contributed by atoms with Crippen LogP contribution in [0, 0.1) is 5.92 Å². The van der Waals surface area contributed by atoms with E-state index in [2.05, 4.69) is 39.4 Å². The average molecular weight is 367 g/mol. The van der Waals surface area contributed by atoms with E-state index in [1.165, 1.54) is 6.42 Å². The first kappa shape index (κ1) is 19.7. The molecule has 0 saturated heterocycles. The minimum Gasteiger partial charge on any atom is -0.357 e. The van der Waals surface area contributed by atoms with Crippen molar-refractivity contribution in [2.24, 2.45) is 10.9 Å². The number of hydrogen-bond donors (Lipinski definition) is 3. The zero-order valence-electron chi connectivity index (χ0n) is 15.2. The van der Waals surface area contributed by atoms with Gasteiger partial charge in [-0.05, 0) is 38.2 Å². The molecular formula is C18H30N4O2S. The molecule has 0 aromatic heterocycles. The summed E-state index contributed by atoms with van der Waals surface area (Å²) in [6, 6.07) is 10.2. The largest absolute Gasteiger partial charge is 0.357 e. The number of guanidine groups is 1. The maximum atomic E-state index is 12.0. The number of rotatable bonds is 9. The molecule has 0 spiro atoms. The Kier molecular flexibility index (Phi) is 7.71. The number of sulfonamides is 1. The molecule has 0 aliphatic heterocycles. The average Bonchev–Trinajstić information content (AvgIpc) is 2.54. The molecule has 7 heteroatoms. The normalized spacial score (nSPS) is 17.0. The topological polar surface area (TPSA) is 82.6 Å². The molecule has 1 aromatic carbocycles. The van der Waals surface area contributed by atoms with Crippen LogP contribution in [-0.2, 0) is 10.0 Å². The number of hydrogen-bond acceptors (Lipinski definition) is 3. The van der Waals surface area contributed by atoms with Gasteiger partial charge in [-0.15, -0.1) is 0 Å². The fourth-order valence-electron chi connectivity index (χ4n) is 2.64. The molecule has 25 heavy (non-hydrogen) atoms. The van der Waals surface area contributed by atoms with Gasteiger partial charge >= 0.3 is 0 Å². The van der Waals surface area contributed by atoms with Gasteiger partial charge in [-0.2, -0.15) is 0 Å². The van der Waals surface area contributed by atoms with Crippen LogP contribution in [0.5, 0.6) is 0 Å². The van der Waals surface area contributed by atoms with Crippen LogP contribution in [0.3, 0.4) is 0 Å². The van der Waals surface area contributed by atoms with E-state index < -0.39 is 10.0 Å². The maximum Gasteiger partial charge on any atom is 0.213 e. The molecule has 6 nitrogen and oxygen atoms in total. The Balaban J connectivity index is 1.83. The molecule has 1 saturated carbocycles. The molecule has 0 amide bonds. The van der Waals surface area contributed by atoms with Crippen LogP contribution in [0.4, 0.5) is 0 Å². The third kappa shape index (κ3) is 7.04. The highest BCUT2D eigenvalue weighted by Crippen LogP contribution is 2.25. The molecule has 2 rings (SSSR count). The lowest BCUT2D eigenvalue weighted by Crippen LogP contribution is -2.39. The van der Waals surface area contributed by atoms with Crippen LogP contribution in [-0.4, -0.2) is 39.8 Å². The van der Waals surface area contributed by atoms with Crippen LogP contribution in [0.25, 0.3) is 0 Å². The highest BCUT2D eigenvalue weighted by Gasteiger charge is 2.20. The number of benzene rings is 1. The van der Waals surface area contributed by atoms with Gasteiger partial charge in [-0.1, -0.05) is 36.8 Å². The standard InChI is InChI=1S/C18H30N4O2S/c1-3-19-18(22-15(2)17-10-5-4-6-11-17)20-12-13-25(23,24)21-14-16-8-7-9-16/h4-6,10-11,15-16,21H,3,7-9,12-14H2,1-2H3,(H2,19,20,22). The molecule has 140 valence electrons. The smallest absolute Gasteiger partial charge is 0.213 e. The zero-order valence-corrected chi connectivity index (χ0v) is 16.0. The highest BCUT2D eigenvalue weighted by molar-refractivity contribution is 7.89. The van der Waals surface area contributed by atoms with Crippen LogP contribution >= 0.6 is 0 Å². The summed E-state index contributed by atoms with van der Waals surface area (Å²) in [6.07, 6.45) is 3.48. The predicted octanol–water partition coefficient (Wildman–Crippen LogP) is 2.02. The summed E-state index contributed by atoms with van der Waals surface area (Å²) in [7, 11) is -3.26. The van der Waals surface area contributed by atoms with Gasteiger partial charge in [0.2, 0.25) is 10.0 Å². The molecule has 3 N–H and O–H groups in total. The van der Waals surface area contributed by atoms with Crippen molar-refractivity contribution < 1.29 is 8.42 Å². The number of aliphatic imine (C=N–C) groups is 1. The van der Waals surface area contributed by atoms with Crippen molar-refractivity contribution >= 4 is 16.0 Å². The first-order valence-corrected chi connectivity index (χ1v) is 10.7. The Labute approximate surface area is 151 Å². The Morgan fingerprint density at radius 3 is 2.60 bits per heavy atom. The van der Waals surface area contributed by atoms with E-state index in [0.29, 0.717) is 18.4 Å². The Bertz CT molecular complexity index is 642. The molecule has 1 fully saturated rings. The fourth-order valence-corrected chi connectivity index (χ4v) is 3.61. The third-order valence-electron chi connectivity index (χ3n) is 4.44. The monoisotopic (exact) mass is 366 g/mol. The maximum absolute atomic E-state index is 12.0. The van der Waals surface area contributed by atoms with E-state index in [1.54, 1.807) is 0 Å². The van der Waals surface area contributed by atoms with Gasteiger partial charge in [0.1, 0.15) is 0 Å². The summed E-state index contributed by atoms with van der Waals surface area (Å²) in [5.41, 5.74) is 1.16. The first-order valence-electron chi connectivity index (χ1n) is 9.07. The minimum atomic E-state index is -3.26. The minimum absolute atomic E-state index is 0.00993.